The molecule has 0 saturated heterocycles. The highest BCUT2D eigenvalue weighted by molar-refractivity contribution is 5.94. The van der Waals surface area contributed by atoms with Crippen molar-refractivity contribution >= 4 is 22.2 Å². The molecule has 0 spiro atoms. The number of para-hydroxylation sites is 1. The lowest BCUT2D eigenvalue weighted by Gasteiger charge is -2.06. The highest BCUT2D eigenvalue weighted by Gasteiger charge is 2.14. The second kappa shape index (κ2) is 6.42. The van der Waals surface area contributed by atoms with Gasteiger partial charge in [-0.15, -0.1) is 0 Å². The summed E-state index contributed by atoms with van der Waals surface area (Å²) >= 11 is 0. The third-order valence-corrected chi connectivity index (χ3v) is 5.54. The Labute approximate surface area is 172 Å². The molecule has 144 valence electrons. The van der Waals surface area contributed by atoms with Gasteiger partial charge in [0.2, 0.25) is 0 Å². The van der Waals surface area contributed by atoms with E-state index in [1.54, 1.807) is 0 Å². The van der Waals surface area contributed by atoms with E-state index in [1.807, 2.05) is 48.9 Å². The third-order valence-electron chi connectivity index (χ3n) is 5.54. The van der Waals surface area contributed by atoms with Gasteiger partial charge in [-0.3, -0.25) is 0 Å². The number of H-pyrrole nitrogens is 2. The van der Waals surface area contributed by atoms with Crippen LogP contribution in [0.5, 0.6) is 0 Å². The molecule has 0 bridgehead atoms. The van der Waals surface area contributed by atoms with Crippen LogP contribution in [0.1, 0.15) is 5.69 Å². The molecule has 0 amide bonds. The van der Waals surface area contributed by atoms with Gasteiger partial charge in [-0.05, 0) is 48.9 Å². The van der Waals surface area contributed by atoms with E-state index in [4.69, 9.17) is 4.98 Å². The summed E-state index contributed by atoms with van der Waals surface area (Å²) < 4.78 is 2.17. The van der Waals surface area contributed by atoms with E-state index >= 15 is 0 Å². The zero-order chi connectivity index (χ0) is 20.1. The van der Waals surface area contributed by atoms with Crippen LogP contribution in [0.15, 0.2) is 79.4 Å². The van der Waals surface area contributed by atoms with Gasteiger partial charge >= 0.3 is 0 Å². The van der Waals surface area contributed by atoms with Crippen LogP contribution in [-0.4, -0.2) is 29.5 Å². The molecule has 6 rings (SSSR count). The van der Waals surface area contributed by atoms with Crippen LogP contribution in [0.3, 0.4) is 0 Å². The molecular weight excluding hydrogens is 372 g/mol. The van der Waals surface area contributed by atoms with Gasteiger partial charge in [-0.25, -0.2) is 15.0 Å². The molecule has 1 aromatic carbocycles. The Hall–Kier alpha value is -4.19. The van der Waals surface area contributed by atoms with Gasteiger partial charge in [-0.2, -0.15) is 0 Å². The molecule has 2 N–H and O–H groups in total. The maximum Gasteiger partial charge on any atom is 0.178 e. The van der Waals surface area contributed by atoms with Crippen molar-refractivity contribution in [1.29, 1.82) is 0 Å². The van der Waals surface area contributed by atoms with E-state index in [2.05, 4.69) is 61.9 Å². The van der Waals surface area contributed by atoms with Crippen LogP contribution < -0.4 is 0 Å². The van der Waals surface area contributed by atoms with Gasteiger partial charge in [0.05, 0.1) is 5.52 Å². The summed E-state index contributed by atoms with van der Waals surface area (Å²) in [5, 5.41) is 1.08. The summed E-state index contributed by atoms with van der Waals surface area (Å²) in [6, 6.07) is 18.5. The number of aromatic nitrogens is 6. The van der Waals surface area contributed by atoms with Crippen LogP contribution in [0, 0.1) is 6.92 Å². The van der Waals surface area contributed by atoms with Crippen molar-refractivity contribution in [2.45, 2.75) is 6.92 Å². The first-order chi connectivity index (χ1) is 14.8. The fourth-order valence-electron chi connectivity index (χ4n) is 4.02. The van der Waals surface area contributed by atoms with Crippen molar-refractivity contribution in [3.8, 4) is 28.2 Å². The molecule has 5 aromatic heterocycles. The lowest BCUT2D eigenvalue weighted by Crippen LogP contribution is -1.95. The maximum absolute atomic E-state index is 4.74. The fraction of sp³-hybridized carbons (Fsp3) is 0.0417. The lowest BCUT2D eigenvalue weighted by molar-refractivity contribution is 1.01. The number of rotatable bonds is 3. The van der Waals surface area contributed by atoms with Crippen molar-refractivity contribution in [3.63, 3.8) is 0 Å². The molecule has 6 nitrogen and oxygen atoms in total. The molecule has 6 aromatic rings. The normalized spacial score (nSPS) is 11.5. The minimum Gasteiger partial charge on any atom is -0.346 e. The fourth-order valence-corrected chi connectivity index (χ4v) is 4.02. The van der Waals surface area contributed by atoms with E-state index in [1.165, 1.54) is 0 Å². The zero-order valence-corrected chi connectivity index (χ0v) is 16.3. The largest absolute Gasteiger partial charge is 0.346 e. The molecule has 30 heavy (non-hydrogen) atoms. The lowest BCUT2D eigenvalue weighted by atomic mass is 10.1. The van der Waals surface area contributed by atoms with Crippen molar-refractivity contribution in [2.24, 2.45) is 0 Å². The summed E-state index contributed by atoms with van der Waals surface area (Å²) in [5.74, 6) is 0.823. The number of fused-ring (bicyclic) bond motifs is 2. The Balaban J connectivity index is 1.44. The first-order valence-corrected chi connectivity index (χ1v) is 9.80. The zero-order valence-electron chi connectivity index (χ0n) is 16.3. The van der Waals surface area contributed by atoms with Crippen molar-refractivity contribution < 1.29 is 0 Å². The number of imidazole rings is 1. The molecule has 6 heteroatoms. The molecule has 0 aliphatic heterocycles. The molecule has 0 saturated carbocycles. The highest BCUT2D eigenvalue weighted by atomic mass is 15.0. The Morgan fingerprint density at radius 2 is 1.83 bits per heavy atom. The number of hydrogen-bond donors (Lipinski definition) is 2. The Morgan fingerprint density at radius 3 is 2.73 bits per heavy atom. The molecule has 0 atom stereocenters. The predicted molar refractivity (Wildman–Crippen MR) is 118 cm³/mol. The van der Waals surface area contributed by atoms with Gasteiger partial charge in [0.15, 0.2) is 5.65 Å². The van der Waals surface area contributed by atoms with Crippen molar-refractivity contribution in [2.75, 3.05) is 0 Å². The van der Waals surface area contributed by atoms with E-state index in [9.17, 15) is 0 Å². The molecular formula is C24H18N6. The monoisotopic (exact) mass is 390 g/mol. The van der Waals surface area contributed by atoms with Crippen LogP contribution in [0.25, 0.3) is 50.4 Å². The average Bonchev–Trinajstić information content (AvgIpc) is 3.51. The summed E-state index contributed by atoms with van der Waals surface area (Å²) in [4.78, 5) is 20.3. The topological polar surface area (TPSA) is 75.2 Å². The minimum atomic E-state index is 0.708. The van der Waals surface area contributed by atoms with E-state index in [0.29, 0.717) is 5.65 Å². The minimum absolute atomic E-state index is 0.708. The van der Waals surface area contributed by atoms with Gasteiger partial charge in [0, 0.05) is 52.7 Å². The van der Waals surface area contributed by atoms with E-state index in [0.717, 1.165) is 50.4 Å². The van der Waals surface area contributed by atoms with Gasteiger partial charge in [-0.1, -0.05) is 18.2 Å². The van der Waals surface area contributed by atoms with E-state index < -0.39 is 0 Å². The smallest absolute Gasteiger partial charge is 0.178 e. The summed E-state index contributed by atoms with van der Waals surface area (Å²) in [6.07, 6.45) is 7.66. The molecule has 0 aliphatic carbocycles. The summed E-state index contributed by atoms with van der Waals surface area (Å²) in [5.41, 5.74) is 7.94. The number of nitrogens with zero attached hydrogens (tertiary/aromatic N) is 4. The Kier molecular flexibility index (Phi) is 3.58. The first kappa shape index (κ1) is 16.7. The SMILES string of the molecule is Cc1c(-c2nc3ncc(-c4ccnc5[nH]ccc45)cc3[nH]2)ccn1-c1ccccc1. The van der Waals surface area contributed by atoms with Crippen LogP contribution in [-0.2, 0) is 0 Å². The Morgan fingerprint density at radius 1 is 0.933 bits per heavy atom. The summed E-state index contributed by atoms with van der Waals surface area (Å²) in [7, 11) is 0. The first-order valence-electron chi connectivity index (χ1n) is 9.80. The number of nitrogens with one attached hydrogen (secondary N) is 2. The predicted octanol–water partition coefficient (Wildman–Crippen LogP) is 5.27. The Bertz CT molecular complexity index is 1500. The molecule has 0 radical (unpaired) electrons. The second-order valence-electron chi connectivity index (χ2n) is 7.30. The third kappa shape index (κ3) is 2.54. The van der Waals surface area contributed by atoms with Crippen molar-refractivity contribution in [3.05, 3.63) is 85.1 Å². The van der Waals surface area contributed by atoms with Crippen molar-refractivity contribution in [1.82, 2.24) is 29.5 Å². The van der Waals surface area contributed by atoms with Gasteiger partial charge < -0.3 is 14.5 Å². The average molecular weight is 390 g/mol. The number of hydrogen-bond acceptors (Lipinski definition) is 3. The quantitative estimate of drug-likeness (QED) is 0.432. The van der Waals surface area contributed by atoms with Crippen LogP contribution in [0.2, 0.25) is 0 Å². The van der Waals surface area contributed by atoms with E-state index in [-0.39, 0.29) is 0 Å². The highest BCUT2D eigenvalue weighted by Crippen LogP contribution is 2.30. The number of aromatic amines is 2. The molecule has 0 fully saturated rings. The van der Waals surface area contributed by atoms with Gasteiger partial charge in [0.1, 0.15) is 11.5 Å². The van der Waals surface area contributed by atoms with Crippen LogP contribution >= 0.6 is 0 Å². The van der Waals surface area contributed by atoms with Crippen LogP contribution in [0.4, 0.5) is 0 Å². The number of pyridine rings is 2. The summed E-state index contributed by atoms with van der Waals surface area (Å²) in [6.45, 7) is 2.11. The molecule has 5 heterocycles. The maximum atomic E-state index is 4.74. The standard InChI is InChI=1S/C24H18N6/c1-15-18(9-12-30(15)17-5-3-2-4-6-17)23-28-21-13-16(14-27-24(21)29-23)19-7-10-25-22-20(19)8-11-26-22/h2-14H,1H3,(H,25,26)(H,27,28,29). The van der Waals surface area contributed by atoms with Gasteiger partial charge in [0.25, 0.3) is 0 Å². The molecule has 0 aliphatic rings. The number of benzene rings is 1. The molecule has 0 unspecified atom stereocenters. The second-order valence-corrected chi connectivity index (χ2v) is 7.30.